The Labute approximate surface area is 88.0 Å². The van der Waals surface area contributed by atoms with Gasteiger partial charge in [0.15, 0.2) is 0 Å². The van der Waals surface area contributed by atoms with Crippen molar-refractivity contribution in [2.75, 3.05) is 7.11 Å². The number of carbonyl (C=O) groups is 1. The molecule has 0 rings (SSSR count). The van der Waals surface area contributed by atoms with Crippen LogP contribution in [0.25, 0.3) is 0 Å². The quantitative estimate of drug-likeness (QED) is 0.421. The maximum Gasteiger partial charge on any atom is 0.119 e. The maximum absolute atomic E-state index is 10.0. The lowest BCUT2D eigenvalue weighted by Gasteiger charge is -2.22. The zero-order chi connectivity index (χ0) is 10.9. The van der Waals surface area contributed by atoms with Crippen LogP contribution in [0.4, 0.5) is 0 Å². The lowest BCUT2D eigenvalue weighted by atomic mass is 9.99. The van der Waals surface area contributed by atoms with E-state index in [-0.39, 0.29) is 5.60 Å². The van der Waals surface area contributed by atoms with Crippen LogP contribution < -0.4 is 0 Å². The van der Waals surface area contributed by atoms with Gasteiger partial charge in [0.25, 0.3) is 0 Å². The molecule has 0 heterocycles. The third-order valence-corrected chi connectivity index (χ3v) is 2.65. The first-order chi connectivity index (χ1) is 6.62. The summed E-state index contributed by atoms with van der Waals surface area (Å²) in [6.45, 7) is 4.25. The highest BCUT2D eigenvalue weighted by Gasteiger charge is 2.14. The summed E-state index contributed by atoms with van der Waals surface area (Å²) < 4.78 is 5.34. The third kappa shape index (κ3) is 8.24. The normalized spacial score (nSPS) is 11.6. The van der Waals surface area contributed by atoms with Crippen LogP contribution in [0.15, 0.2) is 0 Å². The number of unbranched alkanes of at least 4 members (excludes halogenated alkanes) is 5. The highest BCUT2D eigenvalue weighted by atomic mass is 16.5. The first kappa shape index (κ1) is 13.6. The lowest BCUT2D eigenvalue weighted by molar-refractivity contribution is -0.107. The van der Waals surface area contributed by atoms with Crippen LogP contribution in [0.5, 0.6) is 0 Å². The van der Waals surface area contributed by atoms with E-state index in [1.54, 1.807) is 7.11 Å². The molecule has 0 aromatic heterocycles. The van der Waals surface area contributed by atoms with E-state index in [2.05, 4.69) is 13.8 Å². The second-order valence-electron chi connectivity index (χ2n) is 4.44. The number of aldehydes is 1. The van der Waals surface area contributed by atoms with Gasteiger partial charge < -0.3 is 9.53 Å². The predicted octanol–water partition coefficient (Wildman–Crippen LogP) is 3.34. The molecule has 0 fully saturated rings. The molecule has 0 atom stereocenters. The average Bonchev–Trinajstić information content (AvgIpc) is 2.16. The number of hydrogen-bond donors (Lipinski definition) is 0. The molecule has 0 aromatic rings. The first-order valence-corrected chi connectivity index (χ1v) is 5.61. The summed E-state index contributed by atoms with van der Waals surface area (Å²) >= 11 is 0. The van der Waals surface area contributed by atoms with Crippen molar-refractivity contribution in [3.8, 4) is 0 Å². The van der Waals surface area contributed by atoms with E-state index in [1.807, 2.05) is 0 Å². The van der Waals surface area contributed by atoms with Gasteiger partial charge in [-0.05, 0) is 26.7 Å². The molecular weight excluding hydrogens is 176 g/mol. The average molecular weight is 200 g/mol. The first-order valence-electron chi connectivity index (χ1n) is 5.61. The standard InChI is InChI=1S/C12H24O2/c1-12(2,14-3)10-8-6-4-5-7-9-11-13/h11H,4-10H2,1-3H3. The van der Waals surface area contributed by atoms with Gasteiger partial charge in [0.05, 0.1) is 5.60 Å². The third-order valence-electron chi connectivity index (χ3n) is 2.65. The van der Waals surface area contributed by atoms with E-state index in [9.17, 15) is 4.79 Å². The molecule has 2 heteroatoms. The van der Waals surface area contributed by atoms with Crippen molar-refractivity contribution in [2.45, 2.75) is 64.4 Å². The lowest BCUT2D eigenvalue weighted by Crippen LogP contribution is -2.21. The molecule has 0 aliphatic heterocycles. The fraction of sp³-hybridized carbons (Fsp3) is 0.917. The molecular formula is C12H24O2. The number of hydrogen-bond acceptors (Lipinski definition) is 2. The zero-order valence-electron chi connectivity index (χ0n) is 9.84. The summed E-state index contributed by atoms with van der Waals surface area (Å²) in [6, 6.07) is 0. The van der Waals surface area contributed by atoms with Crippen LogP contribution in [-0.2, 0) is 9.53 Å². The minimum Gasteiger partial charge on any atom is -0.379 e. The molecule has 84 valence electrons. The van der Waals surface area contributed by atoms with Crippen molar-refractivity contribution in [1.29, 1.82) is 0 Å². The fourth-order valence-electron chi connectivity index (χ4n) is 1.41. The number of ether oxygens (including phenoxy) is 1. The molecule has 0 aliphatic rings. The summed E-state index contributed by atoms with van der Waals surface area (Å²) in [5.41, 5.74) is 0.0306. The van der Waals surface area contributed by atoms with E-state index < -0.39 is 0 Å². The molecule has 0 radical (unpaired) electrons. The van der Waals surface area contributed by atoms with Gasteiger partial charge in [0, 0.05) is 13.5 Å². The van der Waals surface area contributed by atoms with Crippen LogP contribution in [0.3, 0.4) is 0 Å². The largest absolute Gasteiger partial charge is 0.379 e. The van der Waals surface area contributed by atoms with Gasteiger partial charge in [-0.1, -0.05) is 25.7 Å². The second kappa shape index (κ2) is 7.98. The molecule has 0 amide bonds. The molecule has 0 saturated carbocycles. The molecule has 14 heavy (non-hydrogen) atoms. The van der Waals surface area contributed by atoms with Gasteiger partial charge in [-0.25, -0.2) is 0 Å². The van der Waals surface area contributed by atoms with Crippen molar-refractivity contribution in [1.82, 2.24) is 0 Å². The Hall–Kier alpha value is -0.370. The molecule has 0 aromatic carbocycles. The molecule has 0 N–H and O–H groups in total. The second-order valence-corrected chi connectivity index (χ2v) is 4.44. The predicted molar refractivity (Wildman–Crippen MR) is 59.5 cm³/mol. The monoisotopic (exact) mass is 200 g/mol. The number of carbonyl (C=O) groups excluding carboxylic acids is 1. The van der Waals surface area contributed by atoms with E-state index >= 15 is 0 Å². The summed E-state index contributed by atoms with van der Waals surface area (Å²) in [4.78, 5) is 10.0. The van der Waals surface area contributed by atoms with Gasteiger partial charge in [-0.2, -0.15) is 0 Å². The molecule has 0 saturated heterocycles. The van der Waals surface area contributed by atoms with Crippen molar-refractivity contribution in [3.63, 3.8) is 0 Å². The fourth-order valence-corrected chi connectivity index (χ4v) is 1.41. The zero-order valence-corrected chi connectivity index (χ0v) is 9.84. The van der Waals surface area contributed by atoms with Gasteiger partial charge in [0.1, 0.15) is 6.29 Å². The Kier molecular flexibility index (Phi) is 7.77. The van der Waals surface area contributed by atoms with Crippen LogP contribution in [0, 0.1) is 0 Å². The SMILES string of the molecule is COC(C)(C)CCCCCCCC=O. The van der Waals surface area contributed by atoms with E-state index in [0.29, 0.717) is 0 Å². The van der Waals surface area contributed by atoms with Crippen LogP contribution >= 0.6 is 0 Å². The van der Waals surface area contributed by atoms with E-state index in [4.69, 9.17) is 4.74 Å². The van der Waals surface area contributed by atoms with E-state index in [0.717, 1.165) is 25.5 Å². The Morgan fingerprint density at radius 1 is 1.07 bits per heavy atom. The topological polar surface area (TPSA) is 26.3 Å². The molecule has 0 bridgehead atoms. The molecule has 0 spiro atoms. The number of methoxy groups -OCH3 is 1. The van der Waals surface area contributed by atoms with Crippen molar-refractivity contribution >= 4 is 6.29 Å². The number of rotatable bonds is 9. The summed E-state index contributed by atoms with van der Waals surface area (Å²) in [6.07, 6.45) is 8.82. The van der Waals surface area contributed by atoms with Gasteiger partial charge in [-0.3, -0.25) is 0 Å². The highest BCUT2D eigenvalue weighted by molar-refractivity contribution is 5.48. The van der Waals surface area contributed by atoms with Crippen LogP contribution in [-0.4, -0.2) is 19.0 Å². The van der Waals surface area contributed by atoms with Gasteiger partial charge in [-0.15, -0.1) is 0 Å². The smallest absolute Gasteiger partial charge is 0.119 e. The minimum absolute atomic E-state index is 0.0306. The van der Waals surface area contributed by atoms with Crippen molar-refractivity contribution < 1.29 is 9.53 Å². The highest BCUT2D eigenvalue weighted by Crippen LogP contribution is 2.18. The molecule has 0 aliphatic carbocycles. The van der Waals surface area contributed by atoms with Crippen LogP contribution in [0.2, 0.25) is 0 Å². The maximum atomic E-state index is 10.0. The Morgan fingerprint density at radius 2 is 1.64 bits per heavy atom. The van der Waals surface area contributed by atoms with Crippen molar-refractivity contribution in [3.05, 3.63) is 0 Å². The summed E-state index contributed by atoms with van der Waals surface area (Å²) in [5.74, 6) is 0. The molecule has 0 unspecified atom stereocenters. The Morgan fingerprint density at radius 3 is 2.21 bits per heavy atom. The Balaban J connectivity index is 3.17. The van der Waals surface area contributed by atoms with Gasteiger partial charge >= 0.3 is 0 Å². The van der Waals surface area contributed by atoms with Crippen LogP contribution in [0.1, 0.15) is 58.8 Å². The summed E-state index contributed by atoms with van der Waals surface area (Å²) in [7, 11) is 1.77. The Bertz CT molecular complexity index is 141. The van der Waals surface area contributed by atoms with Gasteiger partial charge in [0.2, 0.25) is 0 Å². The van der Waals surface area contributed by atoms with E-state index in [1.165, 1.54) is 25.7 Å². The molecule has 2 nitrogen and oxygen atoms in total. The van der Waals surface area contributed by atoms with Crippen molar-refractivity contribution in [2.24, 2.45) is 0 Å². The summed E-state index contributed by atoms with van der Waals surface area (Å²) in [5, 5.41) is 0. The minimum atomic E-state index is 0.0306.